The van der Waals surface area contributed by atoms with Gasteiger partial charge in [0, 0.05) is 28.1 Å². The van der Waals surface area contributed by atoms with Crippen molar-refractivity contribution in [2.45, 2.75) is 24.8 Å². The molecule has 0 aliphatic carbocycles. The molecular formula is C15H16Cl2N2O2. The van der Waals surface area contributed by atoms with Crippen LogP contribution < -0.4 is 5.56 Å². The maximum absolute atomic E-state index is 11.2. The second-order valence-corrected chi connectivity index (χ2v) is 6.34. The predicted molar refractivity (Wildman–Crippen MR) is 83.1 cm³/mol. The Morgan fingerprint density at radius 2 is 2.14 bits per heavy atom. The molecule has 6 heteroatoms. The number of nitrogens with one attached hydrogen (secondary N) is 1. The summed E-state index contributed by atoms with van der Waals surface area (Å²) in [6.45, 7) is 0.920. The third kappa shape index (κ3) is 3.03. The zero-order valence-electron chi connectivity index (χ0n) is 11.6. The van der Waals surface area contributed by atoms with Crippen molar-refractivity contribution < 1.29 is 4.52 Å². The second-order valence-electron chi connectivity index (χ2n) is 5.50. The second kappa shape index (κ2) is 5.87. The van der Waals surface area contributed by atoms with Crippen molar-refractivity contribution in [3.05, 3.63) is 56.0 Å². The van der Waals surface area contributed by atoms with Gasteiger partial charge in [0.2, 0.25) is 0 Å². The first-order valence-corrected chi connectivity index (χ1v) is 7.64. The third-order valence-corrected chi connectivity index (χ3v) is 4.70. The van der Waals surface area contributed by atoms with Crippen LogP contribution in [0.15, 0.2) is 33.6 Å². The van der Waals surface area contributed by atoms with Crippen molar-refractivity contribution in [3.63, 3.8) is 0 Å². The number of piperidine rings is 1. The molecule has 2 unspecified atom stereocenters. The summed E-state index contributed by atoms with van der Waals surface area (Å²) in [7, 11) is 2.08. The van der Waals surface area contributed by atoms with Gasteiger partial charge in [0.1, 0.15) is 5.76 Å². The number of likely N-dealkylation sites (tertiary alicyclic amines) is 1. The molecule has 1 N–H and O–H groups in total. The number of H-pyrrole nitrogens is 1. The molecule has 1 saturated heterocycles. The normalized spacial score (nSPS) is 23.4. The predicted octanol–water partition coefficient (Wildman–Crippen LogP) is 3.83. The summed E-state index contributed by atoms with van der Waals surface area (Å²) in [4.78, 5) is 13.5. The van der Waals surface area contributed by atoms with Crippen LogP contribution in [0.5, 0.6) is 0 Å². The van der Waals surface area contributed by atoms with Gasteiger partial charge in [-0.15, -0.1) is 0 Å². The standard InChI is InChI=1S/C15H16Cl2N2O2/c1-19-5-4-9(14-8-15(20)18-21-14)6-13(19)11-3-2-10(16)7-12(11)17/h2-3,7-9,13H,4-6H2,1H3,(H,18,20). The van der Waals surface area contributed by atoms with Crippen molar-refractivity contribution in [1.29, 1.82) is 0 Å². The van der Waals surface area contributed by atoms with E-state index in [0.29, 0.717) is 10.0 Å². The highest BCUT2D eigenvalue weighted by molar-refractivity contribution is 6.35. The lowest BCUT2D eigenvalue weighted by Gasteiger charge is -2.37. The fraction of sp³-hybridized carbons (Fsp3) is 0.400. The van der Waals surface area contributed by atoms with E-state index < -0.39 is 0 Å². The van der Waals surface area contributed by atoms with Gasteiger partial charge < -0.3 is 4.52 Å². The van der Waals surface area contributed by atoms with Gasteiger partial charge in [-0.1, -0.05) is 29.3 Å². The molecule has 0 saturated carbocycles. The summed E-state index contributed by atoms with van der Waals surface area (Å²) >= 11 is 12.3. The molecule has 1 fully saturated rings. The fourth-order valence-electron chi connectivity index (χ4n) is 2.98. The van der Waals surface area contributed by atoms with Crippen LogP contribution in [0.1, 0.15) is 36.1 Å². The minimum absolute atomic E-state index is 0.189. The molecule has 1 aliphatic heterocycles. The van der Waals surface area contributed by atoms with E-state index in [1.54, 1.807) is 6.07 Å². The van der Waals surface area contributed by atoms with Gasteiger partial charge in [-0.05, 0) is 44.1 Å². The van der Waals surface area contributed by atoms with Crippen LogP contribution in [0.3, 0.4) is 0 Å². The molecule has 0 bridgehead atoms. The van der Waals surface area contributed by atoms with E-state index in [9.17, 15) is 4.79 Å². The average molecular weight is 327 g/mol. The van der Waals surface area contributed by atoms with Crippen LogP contribution in [0.2, 0.25) is 10.0 Å². The molecule has 2 heterocycles. The Morgan fingerprint density at radius 3 is 2.81 bits per heavy atom. The Kier molecular flexibility index (Phi) is 4.11. The van der Waals surface area contributed by atoms with Crippen LogP contribution in [-0.2, 0) is 0 Å². The summed E-state index contributed by atoms with van der Waals surface area (Å²) < 4.78 is 5.26. The Morgan fingerprint density at radius 1 is 1.33 bits per heavy atom. The molecule has 0 spiro atoms. The van der Waals surface area contributed by atoms with Crippen LogP contribution >= 0.6 is 23.2 Å². The minimum atomic E-state index is -0.190. The SMILES string of the molecule is CN1CCC(c2cc(=O)[nH]o2)CC1c1ccc(Cl)cc1Cl. The first-order chi connectivity index (χ1) is 10.0. The molecule has 0 radical (unpaired) electrons. The van der Waals surface area contributed by atoms with E-state index in [2.05, 4.69) is 17.1 Å². The van der Waals surface area contributed by atoms with E-state index in [1.807, 2.05) is 12.1 Å². The topological polar surface area (TPSA) is 49.2 Å². The summed E-state index contributed by atoms with van der Waals surface area (Å²) in [5.41, 5.74) is 0.871. The zero-order chi connectivity index (χ0) is 15.0. The summed E-state index contributed by atoms with van der Waals surface area (Å²) in [5.74, 6) is 0.945. The lowest BCUT2D eigenvalue weighted by atomic mass is 9.86. The number of nitrogens with zero attached hydrogens (tertiary/aromatic N) is 1. The maximum atomic E-state index is 11.2. The van der Waals surface area contributed by atoms with Crippen molar-refractivity contribution >= 4 is 23.2 Å². The maximum Gasteiger partial charge on any atom is 0.280 e. The van der Waals surface area contributed by atoms with E-state index in [4.69, 9.17) is 27.7 Å². The van der Waals surface area contributed by atoms with Gasteiger partial charge in [0.05, 0.1) is 0 Å². The van der Waals surface area contributed by atoms with E-state index in [1.165, 1.54) is 6.07 Å². The molecule has 1 aliphatic rings. The lowest BCUT2D eigenvalue weighted by Crippen LogP contribution is -2.33. The summed E-state index contributed by atoms with van der Waals surface area (Å²) in [5, 5.41) is 3.67. The molecule has 2 atom stereocenters. The van der Waals surface area contributed by atoms with Crippen LogP contribution in [0, 0.1) is 0 Å². The highest BCUT2D eigenvalue weighted by atomic mass is 35.5. The van der Waals surface area contributed by atoms with Gasteiger partial charge in [-0.3, -0.25) is 9.69 Å². The number of rotatable bonds is 2. The number of hydrogen-bond acceptors (Lipinski definition) is 3. The Hall–Kier alpha value is -1.23. The number of aromatic nitrogens is 1. The number of halogens is 2. The van der Waals surface area contributed by atoms with Crippen LogP contribution in [0.25, 0.3) is 0 Å². The Bertz CT molecular complexity index is 695. The first kappa shape index (κ1) is 14.7. The first-order valence-electron chi connectivity index (χ1n) is 6.88. The molecular weight excluding hydrogens is 311 g/mol. The van der Waals surface area contributed by atoms with Crippen molar-refractivity contribution in [1.82, 2.24) is 10.1 Å². The van der Waals surface area contributed by atoms with Crippen molar-refractivity contribution in [2.75, 3.05) is 13.6 Å². The molecule has 21 heavy (non-hydrogen) atoms. The van der Waals surface area contributed by atoms with Gasteiger partial charge in [-0.2, -0.15) is 5.16 Å². The molecule has 2 aromatic rings. The highest BCUT2D eigenvalue weighted by Crippen LogP contribution is 2.40. The summed E-state index contributed by atoms with van der Waals surface area (Å²) in [6, 6.07) is 7.33. The number of aromatic amines is 1. The third-order valence-electron chi connectivity index (χ3n) is 4.14. The molecule has 1 aromatic carbocycles. The van der Waals surface area contributed by atoms with Gasteiger partial charge in [0.15, 0.2) is 0 Å². The molecule has 0 amide bonds. The molecule has 1 aromatic heterocycles. The van der Waals surface area contributed by atoms with E-state index in [0.717, 1.165) is 30.7 Å². The molecule has 3 rings (SSSR count). The number of benzene rings is 1. The van der Waals surface area contributed by atoms with Gasteiger partial charge >= 0.3 is 0 Å². The molecule has 112 valence electrons. The van der Waals surface area contributed by atoms with E-state index >= 15 is 0 Å². The van der Waals surface area contributed by atoms with Crippen LogP contribution in [0.4, 0.5) is 0 Å². The fourth-order valence-corrected chi connectivity index (χ4v) is 3.51. The highest BCUT2D eigenvalue weighted by Gasteiger charge is 2.31. The van der Waals surface area contributed by atoms with Gasteiger partial charge in [0.25, 0.3) is 5.56 Å². The largest absolute Gasteiger partial charge is 0.383 e. The minimum Gasteiger partial charge on any atom is -0.383 e. The lowest BCUT2D eigenvalue weighted by molar-refractivity contribution is 0.157. The van der Waals surface area contributed by atoms with Crippen molar-refractivity contribution in [3.8, 4) is 0 Å². The smallest absolute Gasteiger partial charge is 0.280 e. The van der Waals surface area contributed by atoms with E-state index in [-0.39, 0.29) is 17.5 Å². The quantitative estimate of drug-likeness (QED) is 0.912. The van der Waals surface area contributed by atoms with Gasteiger partial charge in [-0.25, -0.2) is 0 Å². The molecule has 4 nitrogen and oxygen atoms in total. The number of hydrogen-bond donors (Lipinski definition) is 1. The zero-order valence-corrected chi connectivity index (χ0v) is 13.1. The van der Waals surface area contributed by atoms with Crippen molar-refractivity contribution in [2.24, 2.45) is 0 Å². The van der Waals surface area contributed by atoms with Crippen LogP contribution in [-0.4, -0.2) is 23.6 Å². The average Bonchev–Trinajstić information content (AvgIpc) is 2.87. The Balaban J connectivity index is 1.88. The monoisotopic (exact) mass is 326 g/mol. The summed E-state index contributed by atoms with van der Waals surface area (Å²) in [6.07, 6.45) is 1.82. The Labute approximate surface area is 132 Å².